The van der Waals surface area contributed by atoms with E-state index in [0.717, 1.165) is 0 Å². The summed E-state index contributed by atoms with van der Waals surface area (Å²) in [7, 11) is 0. The Morgan fingerprint density at radius 2 is 0.692 bits per heavy atom. The summed E-state index contributed by atoms with van der Waals surface area (Å²) in [5, 5.41) is 0. The Morgan fingerprint density at radius 1 is 0.385 bits per heavy atom. The van der Waals surface area contributed by atoms with Gasteiger partial charge in [0, 0.05) is 0 Å². The summed E-state index contributed by atoms with van der Waals surface area (Å²) >= 11 is 0. The van der Waals surface area contributed by atoms with Crippen LogP contribution in [0.25, 0.3) is 0 Å². The first-order valence-electron chi connectivity index (χ1n) is 6.47. The van der Waals surface area contributed by atoms with Crippen LogP contribution in [-0.2, 0) is 0 Å². The number of hydrogen-bond donors (Lipinski definition) is 0. The molecule has 0 unspecified atom stereocenters. The van der Waals surface area contributed by atoms with Gasteiger partial charge in [0.2, 0.25) is 0 Å². The minimum atomic E-state index is 1.19. The van der Waals surface area contributed by atoms with Gasteiger partial charge in [-0.2, -0.15) is 0 Å². The molecular formula is C13H22. The molecule has 3 aliphatic carbocycles. The van der Waals surface area contributed by atoms with Crippen LogP contribution in [0.1, 0.15) is 57.8 Å². The fourth-order valence-electron chi connectivity index (χ4n) is 4.53. The van der Waals surface area contributed by atoms with Gasteiger partial charge in [-0.05, 0) is 49.4 Å². The summed E-state index contributed by atoms with van der Waals surface area (Å²) in [5.41, 5.74) is 0. The normalized spacial score (nSPS) is 49.8. The van der Waals surface area contributed by atoms with E-state index in [1.165, 1.54) is 30.1 Å². The molecule has 3 aliphatic rings. The van der Waals surface area contributed by atoms with Crippen molar-refractivity contribution in [3.8, 4) is 0 Å². The Hall–Kier alpha value is 0. The van der Waals surface area contributed by atoms with Gasteiger partial charge in [0.1, 0.15) is 0 Å². The molecule has 3 saturated carbocycles. The van der Waals surface area contributed by atoms with Gasteiger partial charge in [-0.25, -0.2) is 0 Å². The van der Waals surface area contributed by atoms with Gasteiger partial charge >= 0.3 is 0 Å². The maximum absolute atomic E-state index is 1.59. The summed E-state index contributed by atoms with van der Waals surface area (Å²) in [5.74, 6) is 4.76. The fourth-order valence-corrected chi connectivity index (χ4v) is 4.53. The van der Waals surface area contributed by atoms with Crippen molar-refractivity contribution in [2.45, 2.75) is 57.8 Å². The molecule has 0 bridgehead atoms. The molecule has 3 rings (SSSR count). The molecule has 0 saturated heterocycles. The Kier molecular flexibility index (Phi) is 2.11. The Balaban J connectivity index is 1.72. The van der Waals surface area contributed by atoms with Crippen molar-refractivity contribution in [2.24, 2.45) is 23.7 Å². The van der Waals surface area contributed by atoms with Crippen LogP contribution in [0.4, 0.5) is 0 Å². The lowest BCUT2D eigenvalue weighted by Crippen LogP contribution is -2.47. The summed E-state index contributed by atoms with van der Waals surface area (Å²) in [6, 6.07) is 0. The van der Waals surface area contributed by atoms with Gasteiger partial charge in [-0.3, -0.25) is 0 Å². The molecule has 0 aromatic carbocycles. The first-order valence-corrected chi connectivity index (χ1v) is 6.47. The largest absolute Gasteiger partial charge is 0.0533 e. The molecule has 0 nitrogen and oxygen atoms in total. The summed E-state index contributed by atoms with van der Waals surface area (Å²) in [6.07, 6.45) is 14.1. The standard InChI is InChI=1S/C13H22/c1-2-6-10-11(7-3-1)13-9-5-4-8-12(10)13/h10-13H,1-9H2/t10-,11-,12-,13+/m1/s1. The van der Waals surface area contributed by atoms with Crippen LogP contribution < -0.4 is 0 Å². The van der Waals surface area contributed by atoms with Crippen molar-refractivity contribution in [3.63, 3.8) is 0 Å². The molecule has 0 aromatic rings. The zero-order chi connectivity index (χ0) is 8.67. The fraction of sp³-hybridized carbons (Fsp3) is 1.00. The molecule has 0 heteroatoms. The second kappa shape index (κ2) is 3.29. The molecule has 0 spiro atoms. The number of fused-ring (bicyclic) bond motifs is 4. The molecular weight excluding hydrogens is 156 g/mol. The van der Waals surface area contributed by atoms with Gasteiger partial charge in [0.05, 0.1) is 0 Å². The molecule has 0 N–H and O–H groups in total. The van der Waals surface area contributed by atoms with Crippen molar-refractivity contribution in [3.05, 3.63) is 0 Å². The van der Waals surface area contributed by atoms with E-state index < -0.39 is 0 Å². The smallest absolute Gasteiger partial charge is 0.0352 e. The molecule has 74 valence electrons. The van der Waals surface area contributed by atoms with Gasteiger partial charge in [-0.1, -0.05) is 32.1 Å². The lowest BCUT2D eigenvalue weighted by molar-refractivity contribution is -0.0566. The molecule has 0 radical (unpaired) electrons. The monoisotopic (exact) mass is 178 g/mol. The highest BCUT2D eigenvalue weighted by molar-refractivity contribution is 4.99. The topological polar surface area (TPSA) is 0 Å². The number of hydrogen-bond acceptors (Lipinski definition) is 0. The molecule has 0 amide bonds. The average Bonchev–Trinajstić information content (AvgIpc) is 2.37. The summed E-state index contributed by atoms with van der Waals surface area (Å²) < 4.78 is 0. The van der Waals surface area contributed by atoms with Crippen LogP contribution in [-0.4, -0.2) is 0 Å². The van der Waals surface area contributed by atoms with Crippen LogP contribution in [0.15, 0.2) is 0 Å². The van der Waals surface area contributed by atoms with Crippen molar-refractivity contribution in [1.29, 1.82) is 0 Å². The van der Waals surface area contributed by atoms with Gasteiger partial charge < -0.3 is 0 Å². The van der Waals surface area contributed by atoms with E-state index in [0.29, 0.717) is 0 Å². The van der Waals surface area contributed by atoms with Crippen LogP contribution in [0.3, 0.4) is 0 Å². The second-order valence-corrected chi connectivity index (χ2v) is 5.58. The molecule has 3 fully saturated rings. The van der Waals surface area contributed by atoms with E-state index in [2.05, 4.69) is 0 Å². The van der Waals surface area contributed by atoms with Gasteiger partial charge in [-0.15, -0.1) is 0 Å². The lowest BCUT2D eigenvalue weighted by atomic mass is 9.50. The Bertz CT molecular complexity index is 164. The molecule has 4 atom stereocenters. The molecule has 0 aromatic heterocycles. The highest BCUT2D eigenvalue weighted by Crippen LogP contribution is 2.58. The highest BCUT2D eigenvalue weighted by Gasteiger charge is 2.49. The first kappa shape index (κ1) is 8.32. The summed E-state index contributed by atoms with van der Waals surface area (Å²) in [4.78, 5) is 0. The Morgan fingerprint density at radius 3 is 1.08 bits per heavy atom. The average molecular weight is 178 g/mol. The molecule has 0 heterocycles. The Labute approximate surface area is 82.1 Å². The third-order valence-electron chi connectivity index (χ3n) is 5.10. The van der Waals surface area contributed by atoms with Crippen LogP contribution in [0, 0.1) is 23.7 Å². The van der Waals surface area contributed by atoms with Crippen molar-refractivity contribution in [2.75, 3.05) is 0 Å². The summed E-state index contributed by atoms with van der Waals surface area (Å²) in [6.45, 7) is 0. The van der Waals surface area contributed by atoms with Gasteiger partial charge in [0.25, 0.3) is 0 Å². The van der Waals surface area contributed by atoms with Crippen LogP contribution in [0.5, 0.6) is 0 Å². The van der Waals surface area contributed by atoms with Crippen molar-refractivity contribution >= 4 is 0 Å². The lowest BCUT2D eigenvalue weighted by Gasteiger charge is -2.55. The van der Waals surface area contributed by atoms with Crippen LogP contribution in [0.2, 0.25) is 0 Å². The van der Waals surface area contributed by atoms with E-state index >= 15 is 0 Å². The minimum absolute atomic E-state index is 1.19. The number of rotatable bonds is 0. The first-order chi connectivity index (χ1) is 6.47. The quantitative estimate of drug-likeness (QED) is 0.526. The van der Waals surface area contributed by atoms with Crippen molar-refractivity contribution in [1.82, 2.24) is 0 Å². The zero-order valence-electron chi connectivity index (χ0n) is 8.67. The predicted molar refractivity (Wildman–Crippen MR) is 55.5 cm³/mol. The zero-order valence-corrected chi connectivity index (χ0v) is 8.67. The molecule has 0 aliphatic heterocycles. The predicted octanol–water partition coefficient (Wildman–Crippen LogP) is 4.00. The highest BCUT2D eigenvalue weighted by atomic mass is 14.5. The van der Waals surface area contributed by atoms with Crippen LogP contribution >= 0.6 is 0 Å². The third kappa shape index (κ3) is 1.25. The second-order valence-electron chi connectivity index (χ2n) is 5.58. The van der Waals surface area contributed by atoms with E-state index in [9.17, 15) is 0 Å². The maximum atomic E-state index is 1.59. The molecule has 13 heavy (non-hydrogen) atoms. The minimum Gasteiger partial charge on any atom is -0.0533 e. The van der Waals surface area contributed by atoms with Crippen molar-refractivity contribution < 1.29 is 0 Å². The van der Waals surface area contributed by atoms with Gasteiger partial charge in [0.15, 0.2) is 0 Å². The van der Waals surface area contributed by atoms with E-state index in [-0.39, 0.29) is 0 Å². The van der Waals surface area contributed by atoms with E-state index in [1.54, 1.807) is 51.4 Å². The maximum Gasteiger partial charge on any atom is -0.0352 e. The SMILES string of the molecule is C1CC[C@@H]2[C@@H](CC1)[C@@H]1CCCC[C@H]21. The third-order valence-corrected chi connectivity index (χ3v) is 5.10. The van der Waals surface area contributed by atoms with E-state index in [1.807, 2.05) is 0 Å². The van der Waals surface area contributed by atoms with E-state index in [4.69, 9.17) is 0 Å².